The molecule has 0 aliphatic carbocycles. The predicted molar refractivity (Wildman–Crippen MR) is 117 cm³/mol. The molecule has 0 atom stereocenters. The van der Waals surface area contributed by atoms with Gasteiger partial charge in [0, 0.05) is 64.8 Å². The number of methoxy groups -OCH3 is 1. The van der Waals surface area contributed by atoms with Crippen molar-refractivity contribution in [3.8, 4) is 5.75 Å². The van der Waals surface area contributed by atoms with Gasteiger partial charge >= 0.3 is 0 Å². The quantitative estimate of drug-likeness (QED) is 0.399. The van der Waals surface area contributed by atoms with Crippen molar-refractivity contribution in [2.45, 2.75) is 19.9 Å². The van der Waals surface area contributed by atoms with Crippen LogP contribution in [0.5, 0.6) is 5.75 Å². The van der Waals surface area contributed by atoms with Crippen molar-refractivity contribution in [3.63, 3.8) is 0 Å². The Morgan fingerprint density at radius 1 is 1.17 bits per heavy atom. The zero-order chi connectivity index (χ0) is 20.5. The predicted octanol–water partition coefficient (Wildman–Crippen LogP) is 2.02. The van der Waals surface area contributed by atoms with Gasteiger partial charge in [0.25, 0.3) is 0 Å². The first-order valence-electron chi connectivity index (χ1n) is 9.97. The van der Waals surface area contributed by atoms with Crippen LogP contribution in [0.25, 0.3) is 0 Å². The summed E-state index contributed by atoms with van der Waals surface area (Å²) in [6.45, 7) is 7.62. The number of hydrogen-bond acceptors (Lipinski definition) is 7. The van der Waals surface area contributed by atoms with Gasteiger partial charge in [-0.3, -0.25) is 4.99 Å². The van der Waals surface area contributed by atoms with E-state index < -0.39 is 0 Å². The fraction of sp³-hybridized carbons (Fsp3) is 0.550. The lowest BCUT2D eigenvalue weighted by Crippen LogP contribution is -2.52. The number of aryl methyl sites for hydroxylation is 1. The van der Waals surface area contributed by atoms with Crippen molar-refractivity contribution in [1.82, 2.24) is 19.6 Å². The van der Waals surface area contributed by atoms with E-state index in [-0.39, 0.29) is 0 Å². The first kappa shape index (κ1) is 21.3. The highest BCUT2D eigenvalue weighted by atomic mass is 32.1. The number of hydrogen-bond donors (Lipinski definition) is 1. The van der Waals surface area contributed by atoms with E-state index in [0.29, 0.717) is 13.2 Å². The first-order chi connectivity index (χ1) is 14.2. The number of benzene rings is 1. The van der Waals surface area contributed by atoms with Crippen LogP contribution >= 0.6 is 11.5 Å². The normalized spacial score (nSPS) is 14.9. The van der Waals surface area contributed by atoms with Gasteiger partial charge in [0.15, 0.2) is 5.96 Å². The fourth-order valence-electron chi connectivity index (χ4n) is 3.09. The lowest BCUT2D eigenvalue weighted by molar-refractivity contribution is 0.146. The molecule has 9 heteroatoms. The van der Waals surface area contributed by atoms with Gasteiger partial charge in [-0.15, -0.1) is 0 Å². The topological polar surface area (TPSA) is 75.1 Å². The number of ether oxygens (including phenoxy) is 2. The fourth-order valence-corrected chi connectivity index (χ4v) is 3.89. The van der Waals surface area contributed by atoms with Gasteiger partial charge < -0.3 is 24.6 Å². The van der Waals surface area contributed by atoms with Crippen LogP contribution in [0.1, 0.15) is 18.3 Å². The maximum absolute atomic E-state index is 5.61. The van der Waals surface area contributed by atoms with Crippen molar-refractivity contribution >= 4 is 22.6 Å². The summed E-state index contributed by atoms with van der Waals surface area (Å²) >= 11 is 1.49. The van der Waals surface area contributed by atoms with E-state index in [9.17, 15) is 0 Å². The summed E-state index contributed by atoms with van der Waals surface area (Å²) < 4.78 is 15.0. The lowest BCUT2D eigenvalue weighted by atomic mass is 10.2. The molecule has 0 amide bonds. The smallest absolute Gasteiger partial charge is 0.205 e. The maximum atomic E-state index is 5.61. The van der Waals surface area contributed by atoms with Crippen molar-refractivity contribution in [1.29, 1.82) is 0 Å². The molecule has 1 fully saturated rings. The standard InChI is InChI=1S/C20H30N6O2S/c1-4-18-23-20(29-24-18)26-11-9-25(10-12-26)19(21-2)22-15-16-5-7-17(8-6-16)28-14-13-27-3/h5-8H,4,9-15H2,1-3H3,(H,21,22). The van der Waals surface area contributed by atoms with Crippen LogP contribution in [-0.2, 0) is 17.7 Å². The molecule has 1 saturated heterocycles. The molecule has 2 aromatic rings. The molecule has 29 heavy (non-hydrogen) atoms. The molecule has 0 saturated carbocycles. The highest BCUT2D eigenvalue weighted by molar-refractivity contribution is 7.09. The number of aromatic nitrogens is 2. The van der Waals surface area contributed by atoms with Crippen LogP contribution in [0.4, 0.5) is 5.13 Å². The molecule has 3 rings (SSSR count). The van der Waals surface area contributed by atoms with E-state index >= 15 is 0 Å². The summed E-state index contributed by atoms with van der Waals surface area (Å²) in [6, 6.07) is 8.11. The lowest BCUT2D eigenvalue weighted by Gasteiger charge is -2.36. The van der Waals surface area contributed by atoms with Crippen LogP contribution in [0.3, 0.4) is 0 Å². The van der Waals surface area contributed by atoms with Crippen LogP contribution in [0.2, 0.25) is 0 Å². The van der Waals surface area contributed by atoms with Crippen LogP contribution in [0.15, 0.2) is 29.3 Å². The van der Waals surface area contributed by atoms with E-state index in [1.165, 1.54) is 17.1 Å². The monoisotopic (exact) mass is 418 g/mol. The molecule has 1 N–H and O–H groups in total. The van der Waals surface area contributed by atoms with Crippen LogP contribution in [-0.4, -0.2) is 73.8 Å². The Morgan fingerprint density at radius 3 is 2.55 bits per heavy atom. The molecule has 0 bridgehead atoms. The van der Waals surface area contributed by atoms with Gasteiger partial charge in [-0.05, 0) is 17.7 Å². The Balaban J connectivity index is 1.46. The second kappa shape index (κ2) is 11.0. The zero-order valence-electron chi connectivity index (χ0n) is 17.4. The summed E-state index contributed by atoms with van der Waals surface area (Å²) in [5.41, 5.74) is 1.19. The third-order valence-corrected chi connectivity index (χ3v) is 5.58. The SMILES string of the molecule is CCc1nsc(N2CCN(C(=NC)NCc3ccc(OCCOC)cc3)CC2)n1. The number of nitrogens with one attached hydrogen (secondary N) is 1. The molecule has 8 nitrogen and oxygen atoms in total. The van der Waals surface area contributed by atoms with E-state index in [1.807, 2.05) is 19.2 Å². The molecule has 1 aromatic heterocycles. The Hall–Kier alpha value is -2.39. The summed E-state index contributed by atoms with van der Waals surface area (Å²) in [5.74, 6) is 2.71. The number of anilines is 1. The van der Waals surface area contributed by atoms with E-state index in [0.717, 1.165) is 61.8 Å². The molecular weight excluding hydrogens is 388 g/mol. The number of aliphatic imine (C=N–C) groups is 1. The van der Waals surface area contributed by atoms with E-state index in [4.69, 9.17) is 9.47 Å². The number of guanidine groups is 1. The Morgan fingerprint density at radius 2 is 1.93 bits per heavy atom. The van der Waals surface area contributed by atoms with Crippen LogP contribution in [0, 0.1) is 0 Å². The van der Waals surface area contributed by atoms with Gasteiger partial charge in [0.1, 0.15) is 18.2 Å². The second-order valence-corrected chi connectivity index (χ2v) is 7.44. The highest BCUT2D eigenvalue weighted by Gasteiger charge is 2.21. The Kier molecular flexibility index (Phi) is 8.06. The number of nitrogens with zero attached hydrogens (tertiary/aromatic N) is 5. The van der Waals surface area contributed by atoms with Crippen LogP contribution < -0.4 is 15.0 Å². The Bertz CT molecular complexity index is 772. The van der Waals surface area contributed by atoms with Gasteiger partial charge in [-0.1, -0.05) is 19.1 Å². The summed E-state index contributed by atoms with van der Waals surface area (Å²) in [4.78, 5) is 13.7. The molecule has 2 heterocycles. The average molecular weight is 419 g/mol. The minimum absolute atomic E-state index is 0.559. The maximum Gasteiger partial charge on any atom is 0.205 e. The molecule has 1 aliphatic heterocycles. The van der Waals surface area contributed by atoms with Crippen molar-refractivity contribution in [2.75, 3.05) is 58.5 Å². The minimum atomic E-state index is 0.559. The molecule has 0 spiro atoms. The van der Waals surface area contributed by atoms with Crippen molar-refractivity contribution in [2.24, 2.45) is 4.99 Å². The third kappa shape index (κ3) is 6.04. The average Bonchev–Trinajstić information content (AvgIpc) is 3.25. The van der Waals surface area contributed by atoms with Gasteiger partial charge in [-0.25, -0.2) is 4.98 Å². The van der Waals surface area contributed by atoms with Crippen molar-refractivity contribution < 1.29 is 9.47 Å². The number of rotatable bonds is 8. The highest BCUT2D eigenvalue weighted by Crippen LogP contribution is 2.19. The van der Waals surface area contributed by atoms with Crippen molar-refractivity contribution in [3.05, 3.63) is 35.7 Å². The summed E-state index contributed by atoms with van der Waals surface area (Å²) in [5, 5.41) is 4.49. The minimum Gasteiger partial charge on any atom is -0.491 e. The molecule has 1 aromatic carbocycles. The second-order valence-electron chi connectivity index (χ2n) is 6.71. The largest absolute Gasteiger partial charge is 0.491 e. The van der Waals surface area contributed by atoms with Gasteiger partial charge in [0.05, 0.1) is 6.61 Å². The summed E-state index contributed by atoms with van der Waals surface area (Å²) in [7, 11) is 3.50. The third-order valence-electron chi connectivity index (χ3n) is 4.77. The molecule has 0 radical (unpaired) electrons. The van der Waals surface area contributed by atoms with Gasteiger partial charge in [0.2, 0.25) is 5.13 Å². The summed E-state index contributed by atoms with van der Waals surface area (Å²) in [6.07, 6.45) is 0.882. The Labute approximate surface area is 176 Å². The van der Waals surface area contributed by atoms with Gasteiger partial charge in [-0.2, -0.15) is 4.37 Å². The molecule has 1 aliphatic rings. The van der Waals surface area contributed by atoms with E-state index in [2.05, 4.69) is 48.5 Å². The number of piperazine rings is 1. The molecule has 158 valence electrons. The molecule has 0 unspecified atom stereocenters. The first-order valence-corrected chi connectivity index (χ1v) is 10.7. The molecular formula is C20H30N6O2S. The van der Waals surface area contributed by atoms with E-state index in [1.54, 1.807) is 7.11 Å². The zero-order valence-corrected chi connectivity index (χ0v) is 18.2.